The van der Waals surface area contributed by atoms with Gasteiger partial charge in [-0.05, 0) is 93.0 Å². The summed E-state index contributed by atoms with van der Waals surface area (Å²) in [4.78, 5) is 4.25. The van der Waals surface area contributed by atoms with Gasteiger partial charge in [0.15, 0.2) is 0 Å². The summed E-state index contributed by atoms with van der Waals surface area (Å²) in [5.74, 6) is 0. The topological polar surface area (TPSA) is 6.48 Å². The van der Waals surface area contributed by atoms with Gasteiger partial charge in [-0.25, -0.2) is 0 Å². The predicted octanol–water partition coefficient (Wildman–Crippen LogP) is 9.76. The summed E-state index contributed by atoms with van der Waals surface area (Å²) in [6.07, 6.45) is 0. The third-order valence-corrected chi connectivity index (χ3v) is 7.62. The number of rotatable bonds is 4. The molecule has 6 aromatic rings. The average Bonchev–Trinajstić information content (AvgIpc) is 2.97. The fourth-order valence-electron chi connectivity index (χ4n) is 5.42. The van der Waals surface area contributed by atoms with E-state index in [2.05, 4.69) is 173 Å². The summed E-state index contributed by atoms with van der Waals surface area (Å²) in [5.41, 5.74) is 10.3. The molecule has 0 bridgehead atoms. The molecule has 0 spiro atoms. The maximum absolute atomic E-state index is 2.21. The van der Waals surface area contributed by atoms with Crippen molar-refractivity contribution in [2.75, 3.05) is 38.0 Å². The molecule has 6 aromatic carbocycles. The zero-order chi connectivity index (χ0) is 28.2. The molecule has 6 rings (SSSR count). The number of benzene rings is 6. The largest absolute Gasteiger partial charge is 0.378 e. The first-order chi connectivity index (χ1) is 19.3. The van der Waals surface area contributed by atoms with Gasteiger partial charge >= 0.3 is 0 Å². The Morgan fingerprint density at radius 3 is 1.02 bits per heavy atom. The minimum absolute atomic E-state index is 1.23. The van der Waals surface area contributed by atoms with Gasteiger partial charge in [-0.3, -0.25) is 0 Å². The van der Waals surface area contributed by atoms with E-state index < -0.39 is 0 Å². The lowest BCUT2D eigenvalue weighted by Crippen LogP contribution is -2.07. The minimum atomic E-state index is 1.23. The van der Waals surface area contributed by atoms with Gasteiger partial charge in [-0.1, -0.05) is 97.1 Å². The van der Waals surface area contributed by atoms with E-state index in [1.54, 1.807) is 0 Å². The molecule has 0 aliphatic carbocycles. The maximum atomic E-state index is 2.21. The van der Waals surface area contributed by atoms with Crippen LogP contribution in [0.4, 0.5) is 11.4 Å². The van der Waals surface area contributed by atoms with E-state index in [1.807, 2.05) is 0 Å². The van der Waals surface area contributed by atoms with Crippen LogP contribution in [0.3, 0.4) is 0 Å². The molecule has 0 heterocycles. The van der Waals surface area contributed by atoms with Crippen molar-refractivity contribution in [2.45, 2.75) is 13.8 Å². The van der Waals surface area contributed by atoms with Gasteiger partial charge in [-0.15, -0.1) is 0 Å². The molecule has 40 heavy (non-hydrogen) atoms. The van der Waals surface area contributed by atoms with Gasteiger partial charge in [-0.2, -0.15) is 0 Å². The Hall–Kier alpha value is -4.56. The molecule has 0 radical (unpaired) electrons. The Labute approximate surface area is 239 Å². The molecule has 0 amide bonds. The summed E-state index contributed by atoms with van der Waals surface area (Å²) in [7, 11) is 8.27. The highest BCUT2D eigenvalue weighted by Gasteiger charge is 2.07. The van der Waals surface area contributed by atoms with Gasteiger partial charge in [0.05, 0.1) is 0 Å². The fourth-order valence-corrected chi connectivity index (χ4v) is 5.42. The molecule has 0 aromatic heterocycles. The van der Waals surface area contributed by atoms with Crippen LogP contribution in [-0.4, -0.2) is 28.2 Å². The summed E-state index contributed by atoms with van der Waals surface area (Å²) >= 11 is 0. The first kappa shape index (κ1) is 27.0. The maximum Gasteiger partial charge on any atom is 0.0361 e. The smallest absolute Gasteiger partial charge is 0.0361 e. The molecule has 0 fully saturated rings. The summed E-state index contributed by atoms with van der Waals surface area (Å²) in [6.45, 7) is 4.36. The molecule has 0 unspecified atom stereocenters. The number of hydrogen-bond donors (Lipinski definition) is 0. The monoisotopic (exact) mass is 522 g/mol. The molecular formula is C38H38N2. The van der Waals surface area contributed by atoms with Crippen molar-refractivity contribution in [3.05, 3.63) is 132 Å². The van der Waals surface area contributed by atoms with Gasteiger partial charge in [0.2, 0.25) is 0 Å². The van der Waals surface area contributed by atoms with Crippen LogP contribution < -0.4 is 9.80 Å². The standard InChI is InChI=1S/2C19H19N/c2*1-14-6-4-7-16-8-5-9-18(19(14)16)15-10-12-17(13-11-15)20(2)3/h2*4-13H,1-3H3. The Kier molecular flexibility index (Phi) is 7.89. The summed E-state index contributed by atoms with van der Waals surface area (Å²) in [5, 5.41) is 5.32. The molecule has 0 N–H and O–H groups in total. The van der Waals surface area contributed by atoms with Gasteiger partial charge in [0.25, 0.3) is 0 Å². The second-order valence-electron chi connectivity index (χ2n) is 10.8. The van der Waals surface area contributed by atoms with Crippen molar-refractivity contribution in [3.8, 4) is 22.3 Å². The SMILES string of the molecule is Cc1cccc2cccc(-c3ccc(N(C)C)cc3)c12.Cc1cccc2cccc(-c3ccc(N(C)C)cc3)c12. The van der Waals surface area contributed by atoms with Crippen molar-refractivity contribution < 1.29 is 0 Å². The van der Waals surface area contributed by atoms with Crippen LogP contribution in [-0.2, 0) is 0 Å². The lowest BCUT2D eigenvalue weighted by Gasteiger charge is -2.14. The Morgan fingerprint density at radius 2 is 0.700 bits per heavy atom. The number of fused-ring (bicyclic) bond motifs is 2. The third kappa shape index (κ3) is 5.58. The van der Waals surface area contributed by atoms with Crippen LogP contribution in [0.1, 0.15) is 11.1 Å². The fraction of sp³-hybridized carbons (Fsp3) is 0.158. The third-order valence-electron chi connectivity index (χ3n) is 7.62. The zero-order valence-electron chi connectivity index (χ0n) is 24.4. The Bertz CT molecular complexity index is 1600. The second kappa shape index (κ2) is 11.7. The summed E-state index contributed by atoms with van der Waals surface area (Å²) < 4.78 is 0. The minimum Gasteiger partial charge on any atom is -0.378 e. The highest BCUT2D eigenvalue weighted by atomic mass is 15.1. The van der Waals surface area contributed by atoms with Crippen molar-refractivity contribution >= 4 is 32.9 Å². The van der Waals surface area contributed by atoms with Crippen LogP contribution in [0.15, 0.2) is 121 Å². The lowest BCUT2D eigenvalue weighted by molar-refractivity contribution is 1.13. The molecule has 0 atom stereocenters. The van der Waals surface area contributed by atoms with Crippen molar-refractivity contribution in [2.24, 2.45) is 0 Å². The normalized spacial score (nSPS) is 10.8. The molecule has 200 valence electrons. The number of hydrogen-bond acceptors (Lipinski definition) is 2. The van der Waals surface area contributed by atoms with Crippen LogP contribution in [0.2, 0.25) is 0 Å². The molecule has 0 saturated carbocycles. The Morgan fingerprint density at radius 1 is 0.375 bits per heavy atom. The van der Waals surface area contributed by atoms with E-state index in [9.17, 15) is 0 Å². The van der Waals surface area contributed by atoms with Crippen molar-refractivity contribution in [1.82, 2.24) is 0 Å². The van der Waals surface area contributed by atoms with Crippen LogP contribution >= 0.6 is 0 Å². The molecule has 0 aliphatic rings. The van der Waals surface area contributed by atoms with Gasteiger partial charge < -0.3 is 9.80 Å². The summed E-state index contributed by atoms with van der Waals surface area (Å²) in [6, 6.07) is 43.5. The van der Waals surface area contributed by atoms with Crippen LogP contribution in [0, 0.1) is 13.8 Å². The van der Waals surface area contributed by atoms with E-state index in [4.69, 9.17) is 0 Å². The van der Waals surface area contributed by atoms with E-state index >= 15 is 0 Å². The van der Waals surface area contributed by atoms with Crippen molar-refractivity contribution in [3.63, 3.8) is 0 Å². The first-order valence-corrected chi connectivity index (χ1v) is 13.9. The van der Waals surface area contributed by atoms with Gasteiger partial charge in [0, 0.05) is 39.6 Å². The molecular weight excluding hydrogens is 484 g/mol. The Balaban J connectivity index is 0.000000161. The average molecular weight is 523 g/mol. The van der Waals surface area contributed by atoms with E-state index in [1.165, 1.54) is 66.3 Å². The lowest BCUT2D eigenvalue weighted by atomic mass is 9.95. The van der Waals surface area contributed by atoms with Crippen molar-refractivity contribution in [1.29, 1.82) is 0 Å². The molecule has 0 aliphatic heterocycles. The second-order valence-corrected chi connectivity index (χ2v) is 10.8. The number of nitrogens with zero attached hydrogens (tertiary/aromatic N) is 2. The number of aryl methyl sites for hydroxylation is 2. The molecule has 0 saturated heterocycles. The quantitative estimate of drug-likeness (QED) is 0.227. The van der Waals surface area contributed by atoms with E-state index in [0.29, 0.717) is 0 Å². The van der Waals surface area contributed by atoms with Crippen LogP contribution in [0.25, 0.3) is 43.8 Å². The zero-order valence-corrected chi connectivity index (χ0v) is 24.4. The molecule has 2 heteroatoms. The van der Waals surface area contributed by atoms with E-state index in [0.717, 1.165) is 0 Å². The van der Waals surface area contributed by atoms with E-state index in [-0.39, 0.29) is 0 Å². The molecule has 2 nitrogen and oxygen atoms in total. The van der Waals surface area contributed by atoms with Crippen LogP contribution in [0.5, 0.6) is 0 Å². The highest BCUT2D eigenvalue weighted by Crippen LogP contribution is 2.33. The predicted molar refractivity (Wildman–Crippen MR) is 177 cm³/mol. The van der Waals surface area contributed by atoms with Gasteiger partial charge in [0.1, 0.15) is 0 Å². The first-order valence-electron chi connectivity index (χ1n) is 13.9. The highest BCUT2D eigenvalue weighted by molar-refractivity contribution is 6.00. The number of anilines is 2.